The van der Waals surface area contributed by atoms with Crippen LogP contribution in [0.2, 0.25) is 0 Å². The third-order valence-electron chi connectivity index (χ3n) is 3.61. The van der Waals surface area contributed by atoms with E-state index in [2.05, 4.69) is 16.6 Å². The first-order valence-corrected chi connectivity index (χ1v) is 9.25. The minimum Gasteiger partial charge on any atom is -0.378 e. The van der Waals surface area contributed by atoms with Crippen LogP contribution in [0.1, 0.15) is 18.1 Å². The second-order valence-corrected chi connectivity index (χ2v) is 7.33. The van der Waals surface area contributed by atoms with Crippen LogP contribution in [0.4, 0.5) is 5.69 Å². The molecule has 0 aromatic heterocycles. The van der Waals surface area contributed by atoms with Crippen molar-refractivity contribution in [1.29, 1.82) is 0 Å². The highest BCUT2D eigenvalue weighted by molar-refractivity contribution is 7.89. The molecule has 0 aliphatic carbocycles. The maximum absolute atomic E-state index is 12.2. The van der Waals surface area contributed by atoms with Crippen LogP contribution in [-0.4, -0.2) is 29.1 Å². The van der Waals surface area contributed by atoms with Crippen molar-refractivity contribution in [3.8, 4) is 11.8 Å². The molecule has 0 amide bonds. The van der Waals surface area contributed by atoms with Gasteiger partial charge in [-0.25, -0.2) is 8.42 Å². The zero-order valence-corrected chi connectivity index (χ0v) is 15.0. The smallest absolute Gasteiger partial charge is 0.241 e. The predicted octanol–water partition coefficient (Wildman–Crippen LogP) is 2.65. The van der Waals surface area contributed by atoms with E-state index in [1.807, 2.05) is 62.3 Å². The lowest BCUT2D eigenvalue weighted by molar-refractivity contribution is 0.586. The summed E-state index contributed by atoms with van der Waals surface area (Å²) in [5.41, 5.74) is 3.05. The second kappa shape index (κ2) is 8.00. The van der Waals surface area contributed by atoms with Crippen LogP contribution in [0.3, 0.4) is 0 Å². The molecule has 0 spiro atoms. The highest BCUT2D eigenvalue weighted by Gasteiger charge is 2.11. The van der Waals surface area contributed by atoms with Crippen molar-refractivity contribution < 1.29 is 8.42 Å². The van der Waals surface area contributed by atoms with Crippen molar-refractivity contribution in [1.82, 2.24) is 4.72 Å². The number of rotatable bonds is 5. The Kier molecular flexibility index (Phi) is 6.02. The predicted molar refractivity (Wildman–Crippen MR) is 98.7 cm³/mol. The number of benzene rings is 2. The molecule has 24 heavy (non-hydrogen) atoms. The molecule has 0 aliphatic heterocycles. The summed E-state index contributed by atoms with van der Waals surface area (Å²) in [6.07, 6.45) is 0.881. The van der Waals surface area contributed by atoms with Gasteiger partial charge in [0.05, 0.1) is 11.4 Å². The molecule has 4 nitrogen and oxygen atoms in total. The fourth-order valence-electron chi connectivity index (χ4n) is 2.11. The van der Waals surface area contributed by atoms with Crippen LogP contribution in [0, 0.1) is 11.8 Å². The van der Waals surface area contributed by atoms with E-state index in [-0.39, 0.29) is 11.4 Å². The Hall–Kier alpha value is -2.29. The molecule has 0 atom stereocenters. The summed E-state index contributed by atoms with van der Waals surface area (Å²) in [4.78, 5) is 2.27. The van der Waals surface area contributed by atoms with Crippen LogP contribution < -0.4 is 9.62 Å². The Morgan fingerprint density at radius 1 is 1.00 bits per heavy atom. The first kappa shape index (κ1) is 18.1. The Morgan fingerprint density at radius 3 is 2.17 bits per heavy atom. The van der Waals surface area contributed by atoms with Crippen molar-refractivity contribution in [2.45, 2.75) is 18.2 Å². The van der Waals surface area contributed by atoms with Crippen LogP contribution in [0.25, 0.3) is 0 Å². The van der Waals surface area contributed by atoms with Gasteiger partial charge in [0.2, 0.25) is 10.0 Å². The van der Waals surface area contributed by atoms with E-state index in [0.717, 1.165) is 23.2 Å². The molecule has 0 aliphatic rings. The van der Waals surface area contributed by atoms with E-state index in [1.54, 1.807) is 12.1 Å². The van der Waals surface area contributed by atoms with Gasteiger partial charge in [-0.05, 0) is 48.4 Å². The van der Waals surface area contributed by atoms with Crippen molar-refractivity contribution in [2.75, 3.05) is 25.5 Å². The second-order valence-electron chi connectivity index (χ2n) is 5.57. The van der Waals surface area contributed by atoms with Gasteiger partial charge in [0.15, 0.2) is 0 Å². The van der Waals surface area contributed by atoms with E-state index >= 15 is 0 Å². The first-order chi connectivity index (χ1) is 11.4. The molecule has 0 fully saturated rings. The standard InChI is InChI=1S/C19H22N2O2S/c1-4-16-9-13-19(14-10-16)24(22,23)20-15-5-6-17-7-11-18(12-8-17)21(2)3/h7-14,20H,4,15H2,1-3H3. The number of hydrogen-bond acceptors (Lipinski definition) is 3. The minimum atomic E-state index is -3.52. The Morgan fingerprint density at radius 2 is 1.62 bits per heavy atom. The third kappa shape index (κ3) is 4.85. The van der Waals surface area contributed by atoms with Gasteiger partial charge in [-0.1, -0.05) is 30.9 Å². The monoisotopic (exact) mass is 342 g/mol. The maximum Gasteiger partial charge on any atom is 0.241 e. The largest absolute Gasteiger partial charge is 0.378 e. The lowest BCUT2D eigenvalue weighted by Crippen LogP contribution is -2.24. The molecule has 5 heteroatoms. The zero-order valence-electron chi connectivity index (χ0n) is 14.2. The van der Waals surface area contributed by atoms with Crippen molar-refractivity contribution in [3.63, 3.8) is 0 Å². The lowest BCUT2D eigenvalue weighted by Gasteiger charge is -2.11. The number of sulfonamides is 1. The van der Waals surface area contributed by atoms with Gasteiger partial charge in [-0.2, -0.15) is 4.72 Å². The molecule has 0 saturated heterocycles. The summed E-state index contributed by atoms with van der Waals surface area (Å²) in [5.74, 6) is 5.80. The highest BCUT2D eigenvalue weighted by atomic mass is 32.2. The van der Waals surface area contributed by atoms with Gasteiger partial charge in [0.25, 0.3) is 0 Å². The average molecular weight is 342 g/mol. The fraction of sp³-hybridized carbons (Fsp3) is 0.263. The van der Waals surface area contributed by atoms with Gasteiger partial charge >= 0.3 is 0 Å². The van der Waals surface area contributed by atoms with Crippen molar-refractivity contribution >= 4 is 15.7 Å². The number of nitrogens with zero attached hydrogens (tertiary/aromatic N) is 1. The zero-order chi connectivity index (χ0) is 17.6. The molecule has 0 heterocycles. The molecule has 0 radical (unpaired) electrons. The molecule has 2 aromatic rings. The molecule has 0 saturated carbocycles. The van der Waals surface area contributed by atoms with Crippen molar-refractivity contribution in [3.05, 3.63) is 59.7 Å². The number of hydrogen-bond donors (Lipinski definition) is 1. The highest BCUT2D eigenvalue weighted by Crippen LogP contribution is 2.12. The fourth-order valence-corrected chi connectivity index (χ4v) is 3.03. The summed E-state index contributed by atoms with van der Waals surface area (Å²) < 4.78 is 26.9. The van der Waals surface area contributed by atoms with E-state index in [9.17, 15) is 8.42 Å². The molecule has 2 rings (SSSR count). The molecule has 1 N–H and O–H groups in total. The summed E-state index contributed by atoms with van der Waals surface area (Å²) in [6.45, 7) is 2.11. The first-order valence-electron chi connectivity index (χ1n) is 7.77. The Balaban J connectivity index is 1.97. The Labute approximate surface area is 144 Å². The summed E-state index contributed by atoms with van der Waals surface area (Å²) in [5, 5.41) is 0. The average Bonchev–Trinajstić information content (AvgIpc) is 2.59. The summed E-state index contributed by atoms with van der Waals surface area (Å²) >= 11 is 0. The maximum atomic E-state index is 12.2. The van der Waals surface area contributed by atoms with Gasteiger partial charge in [0, 0.05) is 25.3 Å². The molecular formula is C19H22N2O2S. The van der Waals surface area contributed by atoms with E-state index in [4.69, 9.17) is 0 Å². The van der Waals surface area contributed by atoms with E-state index in [0.29, 0.717) is 0 Å². The number of anilines is 1. The number of aryl methyl sites for hydroxylation is 1. The summed E-state index contributed by atoms with van der Waals surface area (Å²) in [7, 11) is 0.433. The topological polar surface area (TPSA) is 49.4 Å². The molecule has 2 aromatic carbocycles. The Bertz CT molecular complexity index is 828. The number of nitrogens with one attached hydrogen (secondary N) is 1. The lowest BCUT2D eigenvalue weighted by atomic mass is 10.2. The van der Waals surface area contributed by atoms with Gasteiger partial charge in [0.1, 0.15) is 0 Å². The van der Waals surface area contributed by atoms with E-state index in [1.165, 1.54) is 0 Å². The van der Waals surface area contributed by atoms with Gasteiger partial charge in [-0.3, -0.25) is 0 Å². The van der Waals surface area contributed by atoms with Crippen LogP contribution in [0.15, 0.2) is 53.4 Å². The van der Waals surface area contributed by atoms with Gasteiger partial charge < -0.3 is 4.90 Å². The molecular weight excluding hydrogens is 320 g/mol. The summed E-state index contributed by atoms with van der Waals surface area (Å²) in [6, 6.07) is 14.7. The van der Waals surface area contributed by atoms with Gasteiger partial charge in [-0.15, -0.1) is 0 Å². The SMILES string of the molecule is CCc1ccc(S(=O)(=O)NCC#Cc2ccc(N(C)C)cc2)cc1. The normalized spacial score (nSPS) is 10.8. The molecule has 0 unspecified atom stereocenters. The third-order valence-corrected chi connectivity index (χ3v) is 5.03. The minimum absolute atomic E-state index is 0.0767. The quantitative estimate of drug-likeness (QED) is 0.850. The van der Waals surface area contributed by atoms with Crippen LogP contribution >= 0.6 is 0 Å². The molecule has 126 valence electrons. The van der Waals surface area contributed by atoms with Crippen LogP contribution in [0.5, 0.6) is 0 Å². The molecule has 0 bridgehead atoms. The van der Waals surface area contributed by atoms with Crippen molar-refractivity contribution in [2.24, 2.45) is 0 Å². The van der Waals surface area contributed by atoms with E-state index < -0.39 is 10.0 Å². The van der Waals surface area contributed by atoms with Crippen LogP contribution in [-0.2, 0) is 16.4 Å².